The largest absolute Gasteiger partial charge is 0.304 e. The molecule has 1 atom stereocenters. The standard InChI is InChI=1S/C12H18N2O/c1-9-6-5-7-10(2)12(9)13-8-11(3)14-15-4/h5-8,11,14H,1-4H3. The van der Waals surface area contributed by atoms with E-state index < -0.39 is 0 Å². The highest BCUT2D eigenvalue weighted by Gasteiger charge is 2.00. The van der Waals surface area contributed by atoms with Crippen LogP contribution in [0.1, 0.15) is 18.1 Å². The molecule has 0 radical (unpaired) electrons. The molecule has 0 saturated carbocycles. The van der Waals surface area contributed by atoms with Crippen LogP contribution in [-0.2, 0) is 4.84 Å². The van der Waals surface area contributed by atoms with Crippen LogP contribution in [0.15, 0.2) is 23.2 Å². The van der Waals surface area contributed by atoms with Gasteiger partial charge in [-0.2, -0.15) is 5.48 Å². The summed E-state index contributed by atoms with van der Waals surface area (Å²) >= 11 is 0. The van der Waals surface area contributed by atoms with Crippen molar-refractivity contribution in [2.45, 2.75) is 26.8 Å². The Hall–Kier alpha value is -1.19. The van der Waals surface area contributed by atoms with Crippen LogP contribution in [0.25, 0.3) is 0 Å². The molecule has 1 rings (SSSR count). The molecule has 1 aromatic rings. The zero-order chi connectivity index (χ0) is 11.3. The van der Waals surface area contributed by atoms with E-state index in [0.717, 1.165) is 5.69 Å². The van der Waals surface area contributed by atoms with E-state index in [1.165, 1.54) is 11.1 Å². The van der Waals surface area contributed by atoms with Crippen LogP contribution in [0.4, 0.5) is 5.69 Å². The van der Waals surface area contributed by atoms with Crippen molar-refractivity contribution in [3.05, 3.63) is 29.3 Å². The molecule has 0 heterocycles. The normalized spacial score (nSPS) is 13.3. The molecule has 1 unspecified atom stereocenters. The summed E-state index contributed by atoms with van der Waals surface area (Å²) in [4.78, 5) is 9.27. The second-order valence-corrected chi connectivity index (χ2v) is 3.63. The van der Waals surface area contributed by atoms with E-state index in [9.17, 15) is 0 Å². The Labute approximate surface area is 91.1 Å². The van der Waals surface area contributed by atoms with E-state index in [1.807, 2.05) is 19.2 Å². The Bertz CT molecular complexity index is 327. The van der Waals surface area contributed by atoms with Gasteiger partial charge in [-0.15, -0.1) is 0 Å². The van der Waals surface area contributed by atoms with Crippen molar-refractivity contribution in [3.63, 3.8) is 0 Å². The molecule has 0 spiro atoms. The van der Waals surface area contributed by atoms with Gasteiger partial charge in [0.05, 0.1) is 18.8 Å². The van der Waals surface area contributed by atoms with Gasteiger partial charge in [0.1, 0.15) is 0 Å². The van der Waals surface area contributed by atoms with Gasteiger partial charge in [0.25, 0.3) is 0 Å². The van der Waals surface area contributed by atoms with Gasteiger partial charge in [0.2, 0.25) is 0 Å². The third-order valence-corrected chi connectivity index (χ3v) is 2.17. The lowest BCUT2D eigenvalue weighted by molar-refractivity contribution is 0.0839. The van der Waals surface area contributed by atoms with E-state index >= 15 is 0 Å². The van der Waals surface area contributed by atoms with Gasteiger partial charge in [-0.05, 0) is 31.9 Å². The number of rotatable bonds is 4. The molecule has 1 N–H and O–H groups in total. The molecule has 0 aliphatic heterocycles. The molecule has 0 fully saturated rings. The number of hydrogen-bond donors (Lipinski definition) is 1. The predicted molar refractivity (Wildman–Crippen MR) is 63.7 cm³/mol. The van der Waals surface area contributed by atoms with Gasteiger partial charge in [0.15, 0.2) is 0 Å². The van der Waals surface area contributed by atoms with Crippen molar-refractivity contribution < 1.29 is 4.84 Å². The molecule has 0 saturated heterocycles. The lowest BCUT2D eigenvalue weighted by Crippen LogP contribution is -2.25. The fourth-order valence-corrected chi connectivity index (χ4v) is 1.41. The van der Waals surface area contributed by atoms with Crippen LogP contribution in [0, 0.1) is 13.8 Å². The number of hydroxylamine groups is 1. The maximum atomic E-state index is 4.81. The summed E-state index contributed by atoms with van der Waals surface area (Å²) in [5, 5.41) is 0. The number of hydrogen-bond acceptors (Lipinski definition) is 3. The average Bonchev–Trinajstić information content (AvgIpc) is 2.17. The van der Waals surface area contributed by atoms with Crippen LogP contribution in [-0.4, -0.2) is 19.4 Å². The highest BCUT2D eigenvalue weighted by molar-refractivity contribution is 5.70. The van der Waals surface area contributed by atoms with Gasteiger partial charge in [-0.25, -0.2) is 0 Å². The molecular weight excluding hydrogens is 188 g/mol. The summed E-state index contributed by atoms with van der Waals surface area (Å²) < 4.78 is 0. The summed E-state index contributed by atoms with van der Waals surface area (Å²) in [6.45, 7) is 6.11. The number of para-hydroxylation sites is 1. The molecule has 0 aromatic heterocycles. The monoisotopic (exact) mass is 206 g/mol. The van der Waals surface area contributed by atoms with Crippen molar-refractivity contribution in [3.8, 4) is 0 Å². The lowest BCUT2D eigenvalue weighted by Gasteiger charge is -2.07. The van der Waals surface area contributed by atoms with E-state index in [2.05, 4.69) is 36.5 Å². The first-order valence-corrected chi connectivity index (χ1v) is 5.04. The number of aliphatic imine (C=N–C) groups is 1. The summed E-state index contributed by atoms with van der Waals surface area (Å²) in [5.74, 6) is 0. The maximum Gasteiger partial charge on any atom is 0.0684 e. The zero-order valence-corrected chi connectivity index (χ0v) is 9.74. The molecule has 15 heavy (non-hydrogen) atoms. The minimum absolute atomic E-state index is 0.106. The fraction of sp³-hybridized carbons (Fsp3) is 0.417. The first kappa shape index (κ1) is 11.9. The Morgan fingerprint density at radius 2 is 1.93 bits per heavy atom. The summed E-state index contributed by atoms with van der Waals surface area (Å²) in [6, 6.07) is 6.27. The highest BCUT2D eigenvalue weighted by Crippen LogP contribution is 2.22. The van der Waals surface area contributed by atoms with Gasteiger partial charge < -0.3 is 4.84 Å². The minimum atomic E-state index is 0.106. The molecule has 3 heteroatoms. The van der Waals surface area contributed by atoms with Gasteiger partial charge in [0, 0.05) is 6.21 Å². The zero-order valence-electron chi connectivity index (χ0n) is 9.74. The lowest BCUT2D eigenvalue weighted by atomic mass is 10.1. The SMILES string of the molecule is CONC(C)C=Nc1c(C)cccc1C. The summed E-state index contributed by atoms with van der Waals surface area (Å²) in [6.07, 6.45) is 1.85. The van der Waals surface area contributed by atoms with Crippen molar-refractivity contribution in [2.24, 2.45) is 4.99 Å². The predicted octanol–water partition coefficient (Wildman–Crippen LogP) is 2.55. The Balaban J connectivity index is 2.80. The van der Waals surface area contributed by atoms with Crippen molar-refractivity contribution in [1.82, 2.24) is 5.48 Å². The quantitative estimate of drug-likeness (QED) is 0.606. The second kappa shape index (κ2) is 5.63. The van der Waals surface area contributed by atoms with Gasteiger partial charge in [-0.1, -0.05) is 18.2 Å². The number of nitrogens with zero attached hydrogens (tertiary/aromatic N) is 1. The average molecular weight is 206 g/mol. The Kier molecular flexibility index (Phi) is 4.46. The van der Waals surface area contributed by atoms with Crippen molar-refractivity contribution in [1.29, 1.82) is 0 Å². The highest BCUT2D eigenvalue weighted by atomic mass is 16.6. The summed E-state index contributed by atoms with van der Waals surface area (Å²) in [5.41, 5.74) is 6.23. The molecule has 0 aliphatic carbocycles. The first-order valence-electron chi connectivity index (χ1n) is 5.04. The molecular formula is C12H18N2O. The number of aryl methyl sites for hydroxylation is 2. The minimum Gasteiger partial charge on any atom is -0.304 e. The van der Waals surface area contributed by atoms with Crippen molar-refractivity contribution in [2.75, 3.05) is 7.11 Å². The molecule has 1 aromatic carbocycles. The number of nitrogens with one attached hydrogen (secondary N) is 1. The second-order valence-electron chi connectivity index (χ2n) is 3.63. The molecule has 0 bridgehead atoms. The van der Waals surface area contributed by atoms with E-state index in [1.54, 1.807) is 7.11 Å². The third-order valence-electron chi connectivity index (χ3n) is 2.17. The first-order chi connectivity index (χ1) is 7.15. The topological polar surface area (TPSA) is 33.6 Å². The van der Waals surface area contributed by atoms with Crippen LogP contribution in [0.3, 0.4) is 0 Å². The molecule has 0 aliphatic rings. The molecule has 82 valence electrons. The van der Waals surface area contributed by atoms with Crippen LogP contribution < -0.4 is 5.48 Å². The number of benzene rings is 1. The van der Waals surface area contributed by atoms with Gasteiger partial charge in [-0.3, -0.25) is 4.99 Å². The molecule has 0 amide bonds. The summed E-state index contributed by atoms with van der Waals surface area (Å²) in [7, 11) is 1.60. The maximum absolute atomic E-state index is 4.81. The molecule has 3 nitrogen and oxygen atoms in total. The smallest absolute Gasteiger partial charge is 0.0684 e. The third kappa shape index (κ3) is 3.46. The van der Waals surface area contributed by atoms with Crippen LogP contribution >= 0.6 is 0 Å². The van der Waals surface area contributed by atoms with E-state index in [0.29, 0.717) is 0 Å². The van der Waals surface area contributed by atoms with Crippen molar-refractivity contribution >= 4 is 11.9 Å². The van der Waals surface area contributed by atoms with Crippen LogP contribution in [0.2, 0.25) is 0 Å². The fourth-order valence-electron chi connectivity index (χ4n) is 1.41. The Morgan fingerprint density at radius 1 is 1.33 bits per heavy atom. The van der Waals surface area contributed by atoms with E-state index in [-0.39, 0.29) is 6.04 Å². The Morgan fingerprint density at radius 3 is 2.47 bits per heavy atom. The van der Waals surface area contributed by atoms with E-state index in [4.69, 9.17) is 4.84 Å². The van der Waals surface area contributed by atoms with Crippen LogP contribution in [0.5, 0.6) is 0 Å². The van der Waals surface area contributed by atoms with Gasteiger partial charge >= 0.3 is 0 Å².